The minimum absolute atomic E-state index is 0.824. The van der Waals surface area contributed by atoms with Crippen molar-refractivity contribution < 1.29 is 4.68 Å². The van der Waals surface area contributed by atoms with Crippen molar-refractivity contribution in [3.05, 3.63) is 92.8 Å². The van der Waals surface area contributed by atoms with Crippen molar-refractivity contribution in [1.82, 2.24) is 0 Å². The van der Waals surface area contributed by atoms with Gasteiger partial charge < -0.3 is 5.84 Å². The Labute approximate surface area is 726 Å². The molecule has 0 unspecified atom stereocenters. The summed E-state index contributed by atoms with van der Waals surface area (Å²) in [5, 5.41) is 0. The summed E-state index contributed by atoms with van der Waals surface area (Å²) < 4.78 is 1.78. The van der Waals surface area contributed by atoms with Gasteiger partial charge in [0.1, 0.15) is 0 Å². The first-order valence-corrected chi connectivity index (χ1v) is 52.6. The van der Waals surface area contributed by atoms with Gasteiger partial charge in [0.15, 0.2) is 0 Å². The van der Waals surface area contributed by atoms with Gasteiger partial charge in [-0.25, -0.2) is 4.68 Å². The minimum atomic E-state index is 0.824. The first kappa shape index (κ1) is 106. The van der Waals surface area contributed by atoms with Crippen LogP contribution in [-0.4, -0.2) is 10.4 Å². The maximum absolute atomic E-state index is 10.4. The van der Waals surface area contributed by atoms with Crippen LogP contribution in [0.15, 0.2) is 53.6 Å². The average molecular weight is 1590 g/mol. The number of rotatable bonds is 81. The molecule has 2 nitrogen and oxygen atoms in total. The quantitative estimate of drug-likeness (QED) is 0.0359. The molecule has 0 spiro atoms. The van der Waals surface area contributed by atoms with Gasteiger partial charge >= 0.3 is 0 Å². The molecule has 0 radical (unpaired) electrons. The Morgan fingerprint density at radius 1 is 0.224 bits per heavy atom. The highest BCUT2D eigenvalue weighted by atomic mass is 15.3. The van der Waals surface area contributed by atoms with Gasteiger partial charge in [-0.1, -0.05) is 564 Å². The van der Waals surface area contributed by atoms with Crippen LogP contribution >= 0.6 is 0 Å². The highest BCUT2D eigenvalue weighted by Crippen LogP contribution is 2.38. The van der Waals surface area contributed by atoms with Crippen molar-refractivity contribution in [2.45, 2.75) is 574 Å². The molecule has 1 heterocycles. The van der Waals surface area contributed by atoms with Crippen LogP contribution in [0.1, 0.15) is 608 Å². The molecular formula is C114H192N2. The molecule has 0 atom stereocenters. The second kappa shape index (κ2) is 82.9. The zero-order valence-electron chi connectivity index (χ0n) is 78.7. The second-order valence-corrected chi connectivity index (χ2v) is 36.5. The highest BCUT2D eigenvalue weighted by Gasteiger charge is 2.35. The highest BCUT2D eigenvalue weighted by molar-refractivity contribution is 6.16. The molecule has 0 bridgehead atoms. The normalized spacial score (nSPS) is 12.4. The van der Waals surface area contributed by atoms with E-state index < -0.39 is 0 Å². The predicted molar refractivity (Wildman–Crippen MR) is 521 cm³/mol. The fraction of sp³-hybridized carbons (Fsp3) is 0.781. The third-order valence-corrected chi connectivity index (χ3v) is 25.3. The van der Waals surface area contributed by atoms with E-state index in [1.54, 1.807) is 4.68 Å². The summed E-state index contributed by atoms with van der Waals surface area (Å²) in [6.45, 7) is 13.8. The lowest BCUT2D eigenvalue weighted by molar-refractivity contribution is -0.347. The number of unbranched alkanes of at least 4 members (excludes halogenated alkanes) is 77. The van der Waals surface area contributed by atoms with Crippen LogP contribution in [0, 0.1) is 47.4 Å². The molecule has 0 saturated heterocycles. The molecule has 2 aromatic carbocycles. The molecule has 0 saturated carbocycles. The van der Waals surface area contributed by atoms with Crippen molar-refractivity contribution >= 4 is 11.4 Å². The average Bonchev–Trinajstić information content (AvgIpc) is 1.60. The van der Waals surface area contributed by atoms with Crippen molar-refractivity contribution in [3.63, 3.8) is 0 Å². The summed E-state index contributed by atoms with van der Waals surface area (Å²) in [5.74, 6) is 39.7. The van der Waals surface area contributed by atoms with Gasteiger partial charge in [-0.2, -0.15) is 0 Å². The minimum Gasteiger partial charge on any atom is -0.448 e. The van der Waals surface area contributed by atoms with Crippen molar-refractivity contribution in [1.29, 1.82) is 0 Å². The largest absolute Gasteiger partial charge is 0.448 e. The van der Waals surface area contributed by atoms with E-state index in [1.807, 2.05) is 0 Å². The summed E-state index contributed by atoms with van der Waals surface area (Å²) in [7, 11) is 0. The number of nitrogens with zero attached hydrogens (tertiary/aromatic N) is 1. The Balaban J connectivity index is 1.74. The number of benzene rings is 2. The number of hydrogen-bond acceptors (Lipinski definition) is 0. The molecule has 1 aliphatic heterocycles. The topological polar surface area (TPSA) is 26.8 Å². The van der Waals surface area contributed by atoms with Gasteiger partial charge in [0, 0.05) is 64.6 Å². The number of allylic oxidation sites excluding steroid dienone is 3. The molecule has 3 rings (SSSR count). The Hall–Kier alpha value is -4.37. The molecule has 0 aromatic heterocycles. The Morgan fingerprint density at radius 3 is 0.586 bits per heavy atom. The van der Waals surface area contributed by atoms with E-state index in [1.165, 1.54) is 473 Å². The lowest BCUT2D eigenvalue weighted by atomic mass is 9.91. The molecule has 0 amide bonds. The number of hydrogen-bond donors (Lipinski definition) is 0. The van der Waals surface area contributed by atoms with Crippen molar-refractivity contribution in [3.8, 4) is 47.4 Å². The SMILES string of the molecule is CCCC=C1C(CC)=C(c2cc(C#CCCCCCCCCCCCCCCCCCCCCC)cc(C#CCCCCCCCCCCCCCCCCCCCCC)c2)[N+]([NH-])=C1c1cc(C#CCCCCCCCCCCCCCCCCCCCCC)cc(C#CCCCCCCCCCCCCCCCCCCCCC)c1. The van der Waals surface area contributed by atoms with E-state index in [2.05, 4.69) is 131 Å². The van der Waals surface area contributed by atoms with E-state index >= 15 is 0 Å². The van der Waals surface area contributed by atoms with Gasteiger partial charge in [-0.15, -0.1) is 0 Å². The summed E-state index contributed by atoms with van der Waals surface area (Å²) in [4.78, 5) is 0. The van der Waals surface area contributed by atoms with E-state index in [0.29, 0.717) is 0 Å². The van der Waals surface area contributed by atoms with Gasteiger partial charge in [-0.05, 0) is 74.9 Å². The van der Waals surface area contributed by atoms with Gasteiger partial charge in [0.25, 0.3) is 0 Å². The first-order valence-electron chi connectivity index (χ1n) is 52.6. The maximum Gasteiger partial charge on any atom is 0.215 e. The summed E-state index contributed by atoms with van der Waals surface area (Å²) in [6, 6.07) is 13.6. The molecule has 0 aliphatic carbocycles. The van der Waals surface area contributed by atoms with Crippen LogP contribution < -0.4 is 0 Å². The fourth-order valence-electron chi connectivity index (χ4n) is 17.7. The summed E-state index contributed by atoms with van der Waals surface area (Å²) >= 11 is 0. The van der Waals surface area contributed by atoms with Crippen LogP contribution in [-0.2, 0) is 0 Å². The Kier molecular flexibility index (Phi) is 75.6. The van der Waals surface area contributed by atoms with Crippen LogP contribution in [0.25, 0.3) is 11.5 Å². The molecule has 116 heavy (non-hydrogen) atoms. The van der Waals surface area contributed by atoms with Crippen molar-refractivity contribution in [2.24, 2.45) is 0 Å². The molecule has 1 aliphatic rings. The smallest absolute Gasteiger partial charge is 0.215 e. The van der Waals surface area contributed by atoms with Crippen molar-refractivity contribution in [2.75, 3.05) is 0 Å². The third kappa shape index (κ3) is 61.0. The first-order chi connectivity index (χ1) is 57.5. The zero-order chi connectivity index (χ0) is 82.6. The lowest BCUT2D eigenvalue weighted by Crippen LogP contribution is -2.12. The van der Waals surface area contributed by atoms with E-state index in [9.17, 15) is 5.84 Å². The Bertz CT molecular complexity index is 2770. The standard InChI is InChI=1S/C114H192N2/c1-7-13-18-22-26-30-34-38-42-46-50-54-58-62-66-70-74-78-82-86-90-94-105-99-106(95-91-87-83-79-75-71-67-63-59-55-51-47-43-39-35-31-27-23-19-14-8-2)102-109(101-105)113-111(12-6)112(98-17-11-5)114(116(113)115)110-103-107(96-92-88-84-80-76-72-68-64-60-56-52-48-44-40-36-32-28-24-20-15-9-3)100-108(104-110)97-93-89-85-81-77-73-69-65-61-57-53-49-45-41-37-33-29-25-21-16-10-4/h98-104,115H,7-89H2,1-6H3. The van der Waals surface area contributed by atoms with Crippen LogP contribution in [0.2, 0.25) is 0 Å². The fourth-order valence-corrected chi connectivity index (χ4v) is 17.7. The van der Waals surface area contributed by atoms with E-state index in [-0.39, 0.29) is 0 Å². The van der Waals surface area contributed by atoms with Crippen LogP contribution in [0.5, 0.6) is 0 Å². The molecule has 1 N–H and O–H groups in total. The summed E-state index contributed by atoms with van der Waals surface area (Å²) in [6.07, 6.45) is 115. The van der Waals surface area contributed by atoms with Gasteiger partial charge in [-0.3, -0.25) is 0 Å². The van der Waals surface area contributed by atoms with Gasteiger partial charge in [0.05, 0.1) is 5.57 Å². The lowest BCUT2D eigenvalue weighted by Gasteiger charge is -2.10. The second-order valence-electron chi connectivity index (χ2n) is 36.5. The zero-order valence-corrected chi connectivity index (χ0v) is 78.7. The molecular weight excluding hydrogens is 1400 g/mol. The predicted octanol–water partition coefficient (Wildman–Crippen LogP) is 38.7. The Morgan fingerprint density at radius 2 is 0.405 bits per heavy atom. The van der Waals surface area contributed by atoms with E-state index in [4.69, 9.17) is 0 Å². The molecule has 658 valence electrons. The monoisotopic (exact) mass is 1590 g/mol. The third-order valence-electron chi connectivity index (χ3n) is 25.3. The van der Waals surface area contributed by atoms with Gasteiger partial charge in [0.2, 0.25) is 11.4 Å². The maximum atomic E-state index is 10.4. The van der Waals surface area contributed by atoms with Crippen LogP contribution in [0.4, 0.5) is 0 Å². The number of nitrogens with one attached hydrogen (secondary N) is 1. The molecule has 2 heteroatoms. The van der Waals surface area contributed by atoms with Crippen LogP contribution in [0.3, 0.4) is 0 Å². The molecule has 0 fully saturated rings. The summed E-state index contributed by atoms with van der Waals surface area (Å²) in [5.41, 5.74) is 10.5. The molecule has 2 aromatic rings. The van der Waals surface area contributed by atoms with E-state index in [0.717, 1.165) is 115 Å².